The molecule has 1 heterocycles. The van der Waals surface area contributed by atoms with Crippen LogP contribution in [0.4, 0.5) is 0 Å². The fourth-order valence-electron chi connectivity index (χ4n) is 3.03. The summed E-state index contributed by atoms with van der Waals surface area (Å²) in [4.78, 5) is 15.2. The Labute approximate surface area is 143 Å². The predicted octanol–water partition coefficient (Wildman–Crippen LogP) is 4.24. The molecule has 124 valence electrons. The van der Waals surface area contributed by atoms with Gasteiger partial charge in [0.15, 0.2) is 0 Å². The number of carbonyl (C=O) groups excluding carboxylic acids is 1. The lowest BCUT2D eigenvalue weighted by Crippen LogP contribution is -2.24. The number of H-pyrrole nitrogens is 1. The molecule has 0 atom stereocenters. The van der Waals surface area contributed by atoms with E-state index in [-0.39, 0.29) is 5.91 Å². The van der Waals surface area contributed by atoms with E-state index in [1.165, 1.54) is 16.5 Å². The van der Waals surface area contributed by atoms with E-state index < -0.39 is 0 Å². The van der Waals surface area contributed by atoms with Crippen molar-refractivity contribution >= 4 is 16.8 Å². The molecule has 0 unspecified atom stereocenters. The van der Waals surface area contributed by atoms with Crippen molar-refractivity contribution in [1.82, 2.24) is 10.3 Å². The average molecular weight is 320 g/mol. The maximum absolute atomic E-state index is 11.9. The van der Waals surface area contributed by atoms with Gasteiger partial charge in [-0.3, -0.25) is 4.79 Å². The number of hydrogen-bond donors (Lipinski definition) is 2. The summed E-state index contributed by atoms with van der Waals surface area (Å²) in [5, 5.41) is 4.29. The Bertz CT molecular complexity index is 777. The molecule has 2 aromatic carbocycles. The first-order valence-electron chi connectivity index (χ1n) is 8.68. The maximum atomic E-state index is 11.9. The summed E-state index contributed by atoms with van der Waals surface area (Å²) in [6.45, 7) is 0.751. The van der Waals surface area contributed by atoms with E-state index in [0.717, 1.165) is 37.7 Å². The molecule has 0 spiro atoms. The second-order valence-corrected chi connectivity index (χ2v) is 6.15. The van der Waals surface area contributed by atoms with E-state index in [1.807, 2.05) is 12.1 Å². The van der Waals surface area contributed by atoms with Gasteiger partial charge in [0.25, 0.3) is 0 Å². The Morgan fingerprint density at radius 1 is 0.917 bits per heavy atom. The number of carbonyl (C=O) groups is 1. The fraction of sp³-hybridized carbons (Fsp3) is 0.286. The van der Waals surface area contributed by atoms with Crippen LogP contribution in [-0.4, -0.2) is 17.4 Å². The zero-order chi connectivity index (χ0) is 16.6. The van der Waals surface area contributed by atoms with E-state index in [2.05, 4.69) is 59.0 Å². The van der Waals surface area contributed by atoms with Gasteiger partial charge in [0, 0.05) is 30.1 Å². The van der Waals surface area contributed by atoms with Crippen LogP contribution in [0.15, 0.2) is 60.8 Å². The minimum atomic E-state index is 0.155. The number of aryl methyl sites for hydroxylation is 2. The van der Waals surface area contributed by atoms with Crippen LogP contribution < -0.4 is 5.32 Å². The van der Waals surface area contributed by atoms with Crippen LogP contribution >= 0.6 is 0 Å². The van der Waals surface area contributed by atoms with E-state index in [1.54, 1.807) is 0 Å². The molecule has 0 bridgehead atoms. The van der Waals surface area contributed by atoms with Crippen molar-refractivity contribution in [2.75, 3.05) is 6.54 Å². The first-order valence-corrected chi connectivity index (χ1v) is 8.68. The zero-order valence-electron chi connectivity index (χ0n) is 13.9. The molecule has 3 rings (SSSR count). The van der Waals surface area contributed by atoms with Crippen molar-refractivity contribution in [1.29, 1.82) is 0 Å². The molecule has 0 saturated carbocycles. The molecule has 24 heavy (non-hydrogen) atoms. The molecule has 1 aromatic heterocycles. The summed E-state index contributed by atoms with van der Waals surface area (Å²) in [5.41, 5.74) is 3.78. The first kappa shape index (κ1) is 16.3. The Balaban J connectivity index is 1.34. The number of hydrogen-bond acceptors (Lipinski definition) is 1. The van der Waals surface area contributed by atoms with Gasteiger partial charge in [-0.25, -0.2) is 0 Å². The predicted molar refractivity (Wildman–Crippen MR) is 99.0 cm³/mol. The van der Waals surface area contributed by atoms with Crippen molar-refractivity contribution in [2.45, 2.75) is 32.1 Å². The van der Waals surface area contributed by atoms with Gasteiger partial charge >= 0.3 is 0 Å². The van der Waals surface area contributed by atoms with Crippen molar-refractivity contribution in [2.24, 2.45) is 0 Å². The van der Waals surface area contributed by atoms with Crippen molar-refractivity contribution in [3.63, 3.8) is 0 Å². The Hall–Kier alpha value is -2.55. The number of fused-ring (bicyclic) bond motifs is 1. The van der Waals surface area contributed by atoms with Gasteiger partial charge in [-0.15, -0.1) is 0 Å². The molecule has 3 aromatic rings. The molecule has 0 radical (unpaired) electrons. The summed E-state index contributed by atoms with van der Waals surface area (Å²) in [5.74, 6) is 0.155. The molecule has 0 aliphatic heterocycles. The number of amides is 1. The fourth-order valence-corrected chi connectivity index (χ4v) is 3.03. The highest BCUT2D eigenvalue weighted by atomic mass is 16.1. The smallest absolute Gasteiger partial charge is 0.220 e. The number of aromatic nitrogens is 1. The topological polar surface area (TPSA) is 44.9 Å². The Morgan fingerprint density at radius 3 is 2.58 bits per heavy atom. The monoisotopic (exact) mass is 320 g/mol. The highest BCUT2D eigenvalue weighted by molar-refractivity contribution is 5.83. The molecular formula is C21H24N2O. The normalized spacial score (nSPS) is 10.8. The van der Waals surface area contributed by atoms with Gasteiger partial charge < -0.3 is 10.3 Å². The third-order valence-electron chi connectivity index (χ3n) is 4.33. The van der Waals surface area contributed by atoms with Crippen LogP contribution in [0.5, 0.6) is 0 Å². The SMILES string of the molecule is O=C(CCCc1c[nH]c2ccccc12)NCCCc1ccccc1. The van der Waals surface area contributed by atoms with Gasteiger partial charge in [-0.05, 0) is 42.9 Å². The molecule has 3 nitrogen and oxygen atoms in total. The number of nitrogens with one attached hydrogen (secondary N) is 2. The highest BCUT2D eigenvalue weighted by Crippen LogP contribution is 2.19. The molecule has 0 fully saturated rings. The van der Waals surface area contributed by atoms with E-state index in [0.29, 0.717) is 6.42 Å². The summed E-state index contributed by atoms with van der Waals surface area (Å²) in [6.07, 6.45) is 6.45. The van der Waals surface area contributed by atoms with E-state index >= 15 is 0 Å². The van der Waals surface area contributed by atoms with E-state index in [9.17, 15) is 4.79 Å². The zero-order valence-corrected chi connectivity index (χ0v) is 13.9. The summed E-state index contributed by atoms with van der Waals surface area (Å²) in [6, 6.07) is 18.7. The lowest BCUT2D eigenvalue weighted by molar-refractivity contribution is -0.121. The number of aromatic amines is 1. The van der Waals surface area contributed by atoms with Crippen LogP contribution in [0.2, 0.25) is 0 Å². The molecule has 1 amide bonds. The van der Waals surface area contributed by atoms with Crippen molar-refractivity contribution in [3.8, 4) is 0 Å². The quantitative estimate of drug-likeness (QED) is 0.599. The van der Waals surface area contributed by atoms with Gasteiger partial charge in [-0.2, -0.15) is 0 Å². The van der Waals surface area contributed by atoms with E-state index in [4.69, 9.17) is 0 Å². The largest absolute Gasteiger partial charge is 0.361 e. The van der Waals surface area contributed by atoms with Crippen molar-refractivity contribution < 1.29 is 4.79 Å². The molecular weight excluding hydrogens is 296 g/mol. The summed E-state index contributed by atoms with van der Waals surface area (Å²) < 4.78 is 0. The standard InChI is InChI=1S/C21H24N2O/c24-21(22-15-7-10-17-8-2-1-3-9-17)14-6-11-18-16-23-20-13-5-4-12-19(18)20/h1-5,8-9,12-13,16,23H,6-7,10-11,14-15H2,(H,22,24). The van der Waals surface area contributed by atoms with Gasteiger partial charge in [0.2, 0.25) is 5.91 Å². The molecule has 0 aliphatic rings. The van der Waals surface area contributed by atoms with Gasteiger partial charge in [0.1, 0.15) is 0 Å². The molecule has 0 aliphatic carbocycles. The van der Waals surface area contributed by atoms with Crippen molar-refractivity contribution in [3.05, 3.63) is 71.9 Å². The van der Waals surface area contributed by atoms with Crippen LogP contribution in [0, 0.1) is 0 Å². The second kappa shape index (κ2) is 8.34. The first-order chi connectivity index (χ1) is 11.8. The number of benzene rings is 2. The number of rotatable bonds is 8. The molecule has 3 heteroatoms. The van der Waals surface area contributed by atoms with Crippen LogP contribution in [0.1, 0.15) is 30.4 Å². The maximum Gasteiger partial charge on any atom is 0.220 e. The summed E-state index contributed by atoms with van der Waals surface area (Å²) in [7, 11) is 0. The molecule has 2 N–H and O–H groups in total. The summed E-state index contributed by atoms with van der Waals surface area (Å²) >= 11 is 0. The highest BCUT2D eigenvalue weighted by Gasteiger charge is 2.05. The Kier molecular flexibility index (Phi) is 5.67. The molecule has 0 saturated heterocycles. The van der Waals surface area contributed by atoms with Crippen LogP contribution in [0.25, 0.3) is 10.9 Å². The average Bonchev–Trinajstić information content (AvgIpc) is 3.03. The number of para-hydroxylation sites is 1. The third-order valence-corrected chi connectivity index (χ3v) is 4.33. The van der Waals surface area contributed by atoms with Crippen LogP contribution in [-0.2, 0) is 17.6 Å². The van der Waals surface area contributed by atoms with Gasteiger partial charge in [0.05, 0.1) is 0 Å². The minimum Gasteiger partial charge on any atom is -0.361 e. The van der Waals surface area contributed by atoms with Crippen LogP contribution in [0.3, 0.4) is 0 Å². The van der Waals surface area contributed by atoms with Gasteiger partial charge in [-0.1, -0.05) is 48.5 Å². The minimum absolute atomic E-state index is 0.155. The lowest BCUT2D eigenvalue weighted by Gasteiger charge is -2.05. The Morgan fingerprint density at radius 2 is 1.71 bits per heavy atom. The lowest BCUT2D eigenvalue weighted by atomic mass is 10.1. The third kappa shape index (κ3) is 4.48. The second-order valence-electron chi connectivity index (χ2n) is 6.15.